The van der Waals surface area contributed by atoms with Gasteiger partial charge in [0.2, 0.25) is 0 Å². The maximum atomic E-state index is 11.4. The van der Waals surface area contributed by atoms with Crippen LogP contribution in [0.5, 0.6) is 0 Å². The molecule has 0 amide bonds. The molecule has 0 aliphatic carbocycles. The Hall–Kier alpha value is -0.910. The van der Waals surface area contributed by atoms with Gasteiger partial charge in [0, 0.05) is 24.3 Å². The van der Waals surface area contributed by atoms with Gasteiger partial charge in [-0.15, -0.1) is 0 Å². The SMILES string of the molecule is CCS(=O)(=O)CCOCC(C)(C)CNCc1ccccc1. The van der Waals surface area contributed by atoms with Crippen molar-refractivity contribution in [3.05, 3.63) is 35.9 Å². The molecule has 21 heavy (non-hydrogen) atoms. The van der Waals surface area contributed by atoms with Crippen LogP contribution in [0.4, 0.5) is 0 Å². The number of benzene rings is 1. The molecule has 1 aromatic carbocycles. The van der Waals surface area contributed by atoms with Gasteiger partial charge < -0.3 is 10.1 Å². The highest BCUT2D eigenvalue weighted by Crippen LogP contribution is 2.14. The minimum Gasteiger partial charge on any atom is -0.380 e. The van der Waals surface area contributed by atoms with Crippen LogP contribution < -0.4 is 5.32 Å². The Labute approximate surface area is 128 Å². The van der Waals surface area contributed by atoms with E-state index in [2.05, 4.69) is 31.3 Å². The van der Waals surface area contributed by atoms with E-state index in [4.69, 9.17) is 4.74 Å². The highest BCUT2D eigenvalue weighted by atomic mass is 32.2. The van der Waals surface area contributed by atoms with Crippen LogP contribution in [-0.4, -0.2) is 39.7 Å². The summed E-state index contributed by atoms with van der Waals surface area (Å²) in [5.41, 5.74) is 1.23. The molecule has 0 saturated carbocycles. The van der Waals surface area contributed by atoms with Crippen LogP contribution in [0.1, 0.15) is 26.3 Å². The van der Waals surface area contributed by atoms with E-state index in [9.17, 15) is 8.42 Å². The molecule has 0 fully saturated rings. The summed E-state index contributed by atoms with van der Waals surface area (Å²) in [6.07, 6.45) is 0. The van der Waals surface area contributed by atoms with Crippen LogP contribution in [-0.2, 0) is 21.1 Å². The van der Waals surface area contributed by atoms with Gasteiger partial charge in [-0.1, -0.05) is 51.1 Å². The van der Waals surface area contributed by atoms with E-state index in [0.29, 0.717) is 6.61 Å². The quantitative estimate of drug-likeness (QED) is 0.673. The molecular weight excluding hydrogens is 286 g/mol. The summed E-state index contributed by atoms with van der Waals surface area (Å²) in [5.74, 6) is 0.287. The Morgan fingerprint density at radius 2 is 1.86 bits per heavy atom. The van der Waals surface area contributed by atoms with E-state index in [1.54, 1.807) is 6.92 Å². The molecule has 1 rings (SSSR count). The fourth-order valence-corrected chi connectivity index (χ4v) is 2.53. The average molecular weight is 313 g/mol. The van der Waals surface area contributed by atoms with E-state index in [-0.39, 0.29) is 23.5 Å². The standard InChI is InChI=1S/C16H27NO3S/c1-4-21(18,19)11-10-20-14-16(2,3)13-17-12-15-8-6-5-7-9-15/h5-9,17H,4,10-14H2,1-3H3. The normalized spacial score (nSPS) is 12.5. The predicted molar refractivity (Wildman–Crippen MR) is 87.1 cm³/mol. The summed E-state index contributed by atoms with van der Waals surface area (Å²) in [5, 5.41) is 3.41. The fourth-order valence-electron chi connectivity index (χ4n) is 1.87. The van der Waals surface area contributed by atoms with Crippen LogP contribution in [0.3, 0.4) is 0 Å². The van der Waals surface area contributed by atoms with Gasteiger partial charge in [-0.25, -0.2) is 8.42 Å². The second kappa shape index (κ2) is 8.51. The zero-order chi connectivity index (χ0) is 15.8. The van der Waals surface area contributed by atoms with Crippen molar-refractivity contribution < 1.29 is 13.2 Å². The molecule has 0 aromatic heterocycles. The van der Waals surface area contributed by atoms with Crippen molar-refractivity contribution in [1.82, 2.24) is 5.32 Å². The summed E-state index contributed by atoms with van der Waals surface area (Å²) in [6, 6.07) is 10.2. The fraction of sp³-hybridized carbons (Fsp3) is 0.625. The second-order valence-electron chi connectivity index (χ2n) is 6.04. The minimum absolute atomic E-state index is 0.0231. The third-order valence-electron chi connectivity index (χ3n) is 3.25. The monoisotopic (exact) mass is 313 g/mol. The summed E-state index contributed by atoms with van der Waals surface area (Å²) in [4.78, 5) is 0. The molecule has 0 aliphatic heterocycles. The average Bonchev–Trinajstić information content (AvgIpc) is 2.45. The van der Waals surface area contributed by atoms with Gasteiger partial charge in [0.15, 0.2) is 9.84 Å². The van der Waals surface area contributed by atoms with Gasteiger partial charge in [0.25, 0.3) is 0 Å². The molecule has 0 saturated heterocycles. The molecule has 0 atom stereocenters. The highest BCUT2D eigenvalue weighted by Gasteiger charge is 2.18. The van der Waals surface area contributed by atoms with Gasteiger partial charge in [-0.2, -0.15) is 0 Å². The van der Waals surface area contributed by atoms with Crippen molar-refractivity contribution in [2.45, 2.75) is 27.3 Å². The number of hydrogen-bond donors (Lipinski definition) is 1. The lowest BCUT2D eigenvalue weighted by Gasteiger charge is -2.25. The molecule has 1 N–H and O–H groups in total. The third-order valence-corrected chi connectivity index (χ3v) is 4.92. The van der Waals surface area contributed by atoms with Crippen LogP contribution in [0, 0.1) is 5.41 Å². The summed E-state index contributed by atoms with van der Waals surface area (Å²) >= 11 is 0. The lowest BCUT2D eigenvalue weighted by Crippen LogP contribution is -2.33. The Bertz CT molecular complexity index is 498. The smallest absolute Gasteiger partial charge is 0.152 e. The van der Waals surface area contributed by atoms with Gasteiger partial charge >= 0.3 is 0 Å². The molecule has 0 spiro atoms. The summed E-state index contributed by atoms with van der Waals surface area (Å²) in [7, 11) is -2.93. The second-order valence-corrected chi connectivity index (χ2v) is 8.52. The molecule has 0 radical (unpaired) electrons. The number of hydrogen-bond acceptors (Lipinski definition) is 4. The van der Waals surface area contributed by atoms with Gasteiger partial charge in [0.1, 0.15) is 0 Å². The van der Waals surface area contributed by atoms with Crippen molar-refractivity contribution in [2.75, 3.05) is 31.3 Å². The number of rotatable bonds is 10. The lowest BCUT2D eigenvalue weighted by atomic mass is 9.95. The maximum absolute atomic E-state index is 11.4. The molecular formula is C16H27NO3S. The largest absolute Gasteiger partial charge is 0.380 e. The van der Waals surface area contributed by atoms with Crippen molar-refractivity contribution in [2.24, 2.45) is 5.41 Å². The van der Waals surface area contributed by atoms with Crippen molar-refractivity contribution >= 4 is 9.84 Å². The summed E-state index contributed by atoms with van der Waals surface area (Å²) in [6.45, 7) is 8.36. The Balaban J connectivity index is 2.21. The summed E-state index contributed by atoms with van der Waals surface area (Å²) < 4.78 is 28.2. The van der Waals surface area contributed by atoms with Crippen molar-refractivity contribution in [3.8, 4) is 0 Å². The van der Waals surface area contributed by atoms with E-state index < -0.39 is 9.84 Å². The van der Waals surface area contributed by atoms with E-state index >= 15 is 0 Å². The van der Waals surface area contributed by atoms with Crippen molar-refractivity contribution in [1.29, 1.82) is 0 Å². The van der Waals surface area contributed by atoms with Crippen LogP contribution >= 0.6 is 0 Å². The predicted octanol–water partition coefficient (Wildman–Crippen LogP) is 2.25. The molecule has 0 heterocycles. The van der Waals surface area contributed by atoms with Crippen LogP contribution in [0.2, 0.25) is 0 Å². The first-order valence-electron chi connectivity index (χ1n) is 7.37. The lowest BCUT2D eigenvalue weighted by molar-refractivity contribution is 0.0714. The van der Waals surface area contributed by atoms with Crippen LogP contribution in [0.25, 0.3) is 0 Å². The first kappa shape index (κ1) is 18.1. The molecule has 120 valence electrons. The Morgan fingerprint density at radius 1 is 1.19 bits per heavy atom. The maximum Gasteiger partial charge on any atom is 0.152 e. The Morgan fingerprint density at radius 3 is 2.48 bits per heavy atom. The van der Waals surface area contributed by atoms with E-state index in [1.165, 1.54) is 5.56 Å². The number of nitrogens with one attached hydrogen (secondary N) is 1. The van der Waals surface area contributed by atoms with E-state index in [1.807, 2.05) is 18.2 Å². The Kier molecular flexibility index (Phi) is 7.35. The number of ether oxygens (including phenoxy) is 1. The highest BCUT2D eigenvalue weighted by molar-refractivity contribution is 7.91. The van der Waals surface area contributed by atoms with Crippen molar-refractivity contribution in [3.63, 3.8) is 0 Å². The van der Waals surface area contributed by atoms with E-state index in [0.717, 1.165) is 13.1 Å². The molecule has 4 nitrogen and oxygen atoms in total. The van der Waals surface area contributed by atoms with Gasteiger partial charge in [-0.05, 0) is 5.56 Å². The zero-order valence-electron chi connectivity index (χ0n) is 13.3. The van der Waals surface area contributed by atoms with Gasteiger partial charge in [-0.3, -0.25) is 0 Å². The molecule has 1 aromatic rings. The number of sulfone groups is 1. The third kappa shape index (κ3) is 8.19. The minimum atomic E-state index is -2.93. The first-order valence-corrected chi connectivity index (χ1v) is 9.19. The zero-order valence-corrected chi connectivity index (χ0v) is 14.1. The molecule has 0 aliphatic rings. The van der Waals surface area contributed by atoms with Gasteiger partial charge in [0.05, 0.1) is 19.0 Å². The molecule has 5 heteroatoms. The molecule has 0 bridgehead atoms. The van der Waals surface area contributed by atoms with Crippen LogP contribution in [0.15, 0.2) is 30.3 Å². The first-order chi connectivity index (χ1) is 9.85. The molecule has 0 unspecified atom stereocenters. The topological polar surface area (TPSA) is 55.4 Å².